The average Bonchev–Trinajstić information content (AvgIpc) is 3.09. The Hall–Kier alpha value is -0.570. The van der Waals surface area contributed by atoms with Crippen LogP contribution < -0.4 is 0 Å². The third-order valence-corrected chi connectivity index (χ3v) is 4.63. The molecule has 1 heterocycles. The van der Waals surface area contributed by atoms with E-state index in [1.54, 1.807) is 22.6 Å². The molecule has 2 aromatic rings. The van der Waals surface area contributed by atoms with E-state index in [9.17, 15) is 17.6 Å². The number of alkyl halides is 4. The van der Waals surface area contributed by atoms with Crippen molar-refractivity contribution in [3.8, 4) is 0 Å². The predicted octanol–water partition coefficient (Wildman–Crippen LogP) is 4.57. The van der Waals surface area contributed by atoms with E-state index in [1.807, 2.05) is 0 Å². The number of benzene rings is 1. The second kappa shape index (κ2) is 4.46. The minimum absolute atomic E-state index is 0.0283. The first-order chi connectivity index (χ1) is 9.30. The number of hydrogen-bond acceptors (Lipinski definition) is 1. The normalized spacial score (nSPS) is 17.7. The summed E-state index contributed by atoms with van der Waals surface area (Å²) in [5, 5.41) is 0. The van der Waals surface area contributed by atoms with E-state index in [-0.39, 0.29) is 30.1 Å². The number of nitrogens with zero attached hydrogens (tertiary/aromatic N) is 2. The molecule has 1 aromatic carbocycles. The van der Waals surface area contributed by atoms with E-state index in [1.165, 1.54) is 6.07 Å². The Kier molecular flexibility index (Phi) is 3.20. The molecule has 1 saturated carbocycles. The zero-order chi connectivity index (χ0) is 14.7. The van der Waals surface area contributed by atoms with Crippen molar-refractivity contribution in [2.75, 3.05) is 0 Å². The fourth-order valence-corrected chi connectivity index (χ4v) is 3.07. The van der Waals surface area contributed by atoms with Gasteiger partial charge in [0.25, 0.3) is 0 Å². The molecule has 0 amide bonds. The van der Waals surface area contributed by atoms with Crippen molar-refractivity contribution in [3.63, 3.8) is 0 Å². The monoisotopic (exact) mass is 418 g/mol. The molecule has 0 bridgehead atoms. The van der Waals surface area contributed by atoms with Gasteiger partial charge in [0.1, 0.15) is 17.2 Å². The van der Waals surface area contributed by atoms with Crippen LogP contribution in [0.25, 0.3) is 11.0 Å². The lowest BCUT2D eigenvalue weighted by Gasteiger charge is -2.23. The van der Waals surface area contributed by atoms with Crippen molar-refractivity contribution in [1.29, 1.82) is 0 Å². The Morgan fingerprint density at radius 2 is 2.00 bits per heavy atom. The van der Waals surface area contributed by atoms with Gasteiger partial charge in [-0.05, 0) is 41.5 Å². The van der Waals surface area contributed by atoms with Gasteiger partial charge in [0.15, 0.2) is 0 Å². The van der Waals surface area contributed by atoms with Gasteiger partial charge in [0.05, 0.1) is 20.5 Å². The van der Waals surface area contributed by atoms with Gasteiger partial charge in [-0.3, -0.25) is 0 Å². The summed E-state index contributed by atoms with van der Waals surface area (Å²) in [6.45, 7) is 0. The largest absolute Gasteiger partial charge is 0.412 e. The fraction of sp³-hybridized carbons (Fsp3) is 0.417. The highest BCUT2D eigenvalue weighted by atomic mass is 127. The van der Waals surface area contributed by atoms with Crippen molar-refractivity contribution < 1.29 is 17.6 Å². The van der Waals surface area contributed by atoms with E-state index < -0.39 is 17.5 Å². The third-order valence-electron chi connectivity index (χ3n) is 3.56. The van der Waals surface area contributed by atoms with Crippen LogP contribution in [0.1, 0.15) is 18.7 Å². The van der Waals surface area contributed by atoms with Gasteiger partial charge in [0, 0.05) is 6.07 Å². The van der Waals surface area contributed by atoms with Crippen LogP contribution in [0.2, 0.25) is 0 Å². The summed E-state index contributed by atoms with van der Waals surface area (Å²) in [6.07, 6.45) is -4.46. The molecule has 0 aliphatic heterocycles. The standard InChI is InChI=1S/C12H8ClF4IN2/c13-5-10-19-8-4-7(18)6(14)3-9(8)20(10)11(1-2-11)12(15,16)17/h3-4H,1-2,5H2. The zero-order valence-corrected chi connectivity index (χ0v) is 12.9. The lowest BCUT2D eigenvalue weighted by Crippen LogP contribution is -2.35. The van der Waals surface area contributed by atoms with Gasteiger partial charge in [-0.2, -0.15) is 13.2 Å². The molecule has 0 saturated heterocycles. The van der Waals surface area contributed by atoms with Crippen LogP contribution in [0, 0.1) is 9.39 Å². The Morgan fingerprint density at radius 3 is 2.50 bits per heavy atom. The van der Waals surface area contributed by atoms with Crippen LogP contribution in [-0.4, -0.2) is 15.7 Å². The first-order valence-corrected chi connectivity index (χ1v) is 7.41. The number of halogens is 6. The summed E-state index contributed by atoms with van der Waals surface area (Å²) in [7, 11) is 0. The van der Waals surface area contributed by atoms with Crippen LogP contribution in [0.15, 0.2) is 12.1 Å². The first kappa shape index (κ1) is 14.4. The van der Waals surface area contributed by atoms with Gasteiger partial charge in [-0.25, -0.2) is 9.37 Å². The lowest BCUT2D eigenvalue weighted by atomic mass is 10.2. The molecule has 108 valence electrons. The smallest absolute Gasteiger partial charge is 0.311 e. The van der Waals surface area contributed by atoms with Crippen LogP contribution in [0.3, 0.4) is 0 Å². The van der Waals surface area contributed by atoms with Crippen molar-refractivity contribution in [2.45, 2.75) is 30.4 Å². The molecule has 0 unspecified atom stereocenters. The maximum Gasteiger partial charge on any atom is 0.412 e. The Morgan fingerprint density at radius 1 is 1.35 bits per heavy atom. The Bertz CT molecular complexity index is 691. The molecule has 1 aromatic heterocycles. The summed E-state index contributed by atoms with van der Waals surface area (Å²) in [5.41, 5.74) is -1.50. The average molecular weight is 419 g/mol. The zero-order valence-electron chi connectivity index (χ0n) is 9.94. The molecule has 3 rings (SSSR count). The Balaban J connectivity index is 2.32. The number of imidazole rings is 1. The highest BCUT2D eigenvalue weighted by Crippen LogP contribution is 2.57. The molecule has 2 nitrogen and oxygen atoms in total. The quantitative estimate of drug-likeness (QED) is 0.397. The van der Waals surface area contributed by atoms with Crippen LogP contribution in [-0.2, 0) is 11.4 Å². The molecule has 0 atom stereocenters. The molecular formula is C12H8ClF4IN2. The second-order valence-corrected chi connectivity index (χ2v) is 6.21. The molecule has 1 fully saturated rings. The summed E-state index contributed by atoms with van der Waals surface area (Å²) in [4.78, 5) is 4.11. The number of rotatable bonds is 2. The molecule has 1 aliphatic carbocycles. The number of fused-ring (bicyclic) bond motifs is 1. The van der Waals surface area contributed by atoms with Gasteiger partial charge in [-0.1, -0.05) is 0 Å². The van der Waals surface area contributed by atoms with Crippen molar-refractivity contribution >= 4 is 45.2 Å². The van der Waals surface area contributed by atoms with Crippen LogP contribution >= 0.6 is 34.2 Å². The Labute approximate surface area is 130 Å². The molecule has 20 heavy (non-hydrogen) atoms. The fourth-order valence-electron chi connectivity index (χ4n) is 2.44. The topological polar surface area (TPSA) is 17.8 Å². The highest BCUT2D eigenvalue weighted by molar-refractivity contribution is 14.1. The van der Waals surface area contributed by atoms with Crippen molar-refractivity contribution in [3.05, 3.63) is 27.3 Å². The van der Waals surface area contributed by atoms with Crippen molar-refractivity contribution in [2.24, 2.45) is 0 Å². The molecule has 8 heteroatoms. The van der Waals surface area contributed by atoms with Crippen LogP contribution in [0.4, 0.5) is 17.6 Å². The number of aromatic nitrogens is 2. The molecule has 0 spiro atoms. The predicted molar refractivity (Wildman–Crippen MR) is 75.2 cm³/mol. The second-order valence-electron chi connectivity index (χ2n) is 4.78. The van der Waals surface area contributed by atoms with E-state index in [2.05, 4.69) is 4.98 Å². The maximum atomic E-state index is 13.7. The number of hydrogen-bond donors (Lipinski definition) is 0. The summed E-state index contributed by atoms with van der Waals surface area (Å²) < 4.78 is 55.0. The lowest BCUT2D eigenvalue weighted by molar-refractivity contribution is -0.179. The van der Waals surface area contributed by atoms with E-state index in [0.717, 1.165) is 10.6 Å². The van der Waals surface area contributed by atoms with Gasteiger partial charge in [-0.15, -0.1) is 11.6 Å². The van der Waals surface area contributed by atoms with E-state index >= 15 is 0 Å². The SMILES string of the molecule is Fc1cc2c(cc1I)nc(CCl)n2C1(C(F)(F)F)CC1. The molecule has 0 N–H and O–H groups in total. The minimum atomic E-state index is -4.40. The summed E-state index contributed by atoms with van der Waals surface area (Å²) >= 11 is 7.50. The van der Waals surface area contributed by atoms with Crippen LogP contribution in [0.5, 0.6) is 0 Å². The first-order valence-electron chi connectivity index (χ1n) is 5.80. The van der Waals surface area contributed by atoms with E-state index in [4.69, 9.17) is 11.6 Å². The van der Waals surface area contributed by atoms with Gasteiger partial charge in [0.2, 0.25) is 0 Å². The summed E-state index contributed by atoms with van der Waals surface area (Å²) in [6, 6.07) is 2.54. The highest BCUT2D eigenvalue weighted by Gasteiger charge is 2.65. The van der Waals surface area contributed by atoms with E-state index in [0.29, 0.717) is 9.09 Å². The van der Waals surface area contributed by atoms with Gasteiger partial charge >= 0.3 is 6.18 Å². The third kappa shape index (κ3) is 1.93. The molecule has 0 radical (unpaired) electrons. The minimum Gasteiger partial charge on any atom is -0.311 e. The van der Waals surface area contributed by atoms with Crippen molar-refractivity contribution in [1.82, 2.24) is 9.55 Å². The maximum absolute atomic E-state index is 13.7. The summed E-state index contributed by atoms with van der Waals surface area (Å²) in [5.74, 6) is -0.582. The van der Waals surface area contributed by atoms with Gasteiger partial charge < -0.3 is 4.57 Å². The molecular weight excluding hydrogens is 410 g/mol. The molecule has 1 aliphatic rings.